The van der Waals surface area contributed by atoms with Gasteiger partial charge < -0.3 is 14.9 Å². The van der Waals surface area contributed by atoms with Crippen LogP contribution in [0.1, 0.15) is 18.2 Å². The first-order valence-electron chi connectivity index (χ1n) is 7.56. The zero-order valence-corrected chi connectivity index (χ0v) is 14.0. The Bertz CT molecular complexity index is 921. The van der Waals surface area contributed by atoms with E-state index in [1.807, 2.05) is 6.92 Å². The van der Waals surface area contributed by atoms with Crippen LogP contribution in [-0.2, 0) is 12.7 Å². The molecule has 0 aliphatic carbocycles. The molecular formula is C17H15ClF3N3O. The van der Waals surface area contributed by atoms with Gasteiger partial charge in [-0.1, -0.05) is 23.7 Å². The fraction of sp³-hybridized carbons (Fsp3) is 0.235. The first-order chi connectivity index (χ1) is 11.9. The van der Waals surface area contributed by atoms with Crippen LogP contribution in [0.2, 0.25) is 5.02 Å². The molecule has 2 N–H and O–H groups in total. The maximum absolute atomic E-state index is 13.1. The summed E-state index contributed by atoms with van der Waals surface area (Å²) in [5.74, 6) is 0.579. The summed E-state index contributed by atoms with van der Waals surface area (Å²) in [7, 11) is 0. The number of ether oxygens (including phenoxy) is 1. The van der Waals surface area contributed by atoms with Crippen molar-refractivity contribution in [2.45, 2.75) is 19.6 Å². The normalized spacial score (nSPS) is 11.9. The van der Waals surface area contributed by atoms with Gasteiger partial charge in [0.05, 0.1) is 28.6 Å². The van der Waals surface area contributed by atoms with Crippen molar-refractivity contribution in [1.29, 1.82) is 0 Å². The largest absolute Gasteiger partial charge is 0.493 e. The van der Waals surface area contributed by atoms with Gasteiger partial charge in [0.25, 0.3) is 0 Å². The topological polar surface area (TPSA) is 52.5 Å². The van der Waals surface area contributed by atoms with E-state index in [0.29, 0.717) is 29.3 Å². The SMILES string of the molecule is CCOc1ccccc1-c1nc2c(Cl)cc(C(F)(F)F)cn2c1CN. The molecule has 1 aromatic carbocycles. The summed E-state index contributed by atoms with van der Waals surface area (Å²) in [4.78, 5) is 4.42. The number of hydrogen-bond donors (Lipinski definition) is 1. The third-order valence-corrected chi connectivity index (χ3v) is 4.01. The second-order valence-corrected chi connectivity index (χ2v) is 5.72. The van der Waals surface area contributed by atoms with Gasteiger partial charge in [0.15, 0.2) is 5.65 Å². The molecule has 4 nitrogen and oxygen atoms in total. The third kappa shape index (κ3) is 3.17. The Morgan fingerprint density at radius 2 is 2.00 bits per heavy atom. The van der Waals surface area contributed by atoms with Gasteiger partial charge in [-0.15, -0.1) is 0 Å². The molecule has 0 bridgehead atoms. The number of aromatic nitrogens is 2. The first-order valence-corrected chi connectivity index (χ1v) is 7.94. The van der Waals surface area contributed by atoms with Crippen molar-refractivity contribution < 1.29 is 17.9 Å². The highest BCUT2D eigenvalue weighted by Crippen LogP contribution is 2.36. The molecule has 0 aliphatic rings. The summed E-state index contributed by atoms with van der Waals surface area (Å²) in [6, 6.07) is 8.02. The number of hydrogen-bond acceptors (Lipinski definition) is 3. The molecule has 0 saturated carbocycles. The lowest BCUT2D eigenvalue weighted by Crippen LogP contribution is -2.09. The van der Waals surface area contributed by atoms with Gasteiger partial charge in [0.2, 0.25) is 0 Å². The molecule has 0 saturated heterocycles. The highest BCUT2D eigenvalue weighted by Gasteiger charge is 2.32. The molecule has 25 heavy (non-hydrogen) atoms. The van der Waals surface area contributed by atoms with E-state index < -0.39 is 11.7 Å². The third-order valence-electron chi connectivity index (χ3n) is 3.74. The quantitative estimate of drug-likeness (QED) is 0.735. The molecule has 0 spiro atoms. The molecule has 0 atom stereocenters. The molecular weight excluding hydrogens is 355 g/mol. The van der Waals surface area contributed by atoms with Crippen LogP contribution in [0.3, 0.4) is 0 Å². The first kappa shape index (κ1) is 17.6. The lowest BCUT2D eigenvalue weighted by atomic mass is 10.1. The highest BCUT2D eigenvalue weighted by atomic mass is 35.5. The van der Waals surface area contributed by atoms with Gasteiger partial charge in [0, 0.05) is 18.3 Å². The van der Waals surface area contributed by atoms with Crippen LogP contribution in [0.25, 0.3) is 16.9 Å². The van der Waals surface area contributed by atoms with Gasteiger partial charge in [-0.25, -0.2) is 4.98 Å². The monoisotopic (exact) mass is 369 g/mol. The summed E-state index contributed by atoms with van der Waals surface area (Å²) in [5, 5.41) is -0.0929. The molecule has 0 unspecified atom stereocenters. The van der Waals surface area contributed by atoms with Crippen molar-refractivity contribution in [3.63, 3.8) is 0 Å². The number of nitrogens with zero attached hydrogens (tertiary/aromatic N) is 2. The lowest BCUT2D eigenvalue weighted by Gasteiger charge is -2.10. The molecule has 2 heterocycles. The molecule has 3 rings (SSSR count). The van der Waals surface area contributed by atoms with Crippen LogP contribution in [0.5, 0.6) is 5.75 Å². The fourth-order valence-electron chi connectivity index (χ4n) is 2.66. The molecule has 132 valence electrons. The summed E-state index contributed by atoms with van der Waals surface area (Å²) in [6.45, 7) is 2.28. The summed E-state index contributed by atoms with van der Waals surface area (Å²) in [5.41, 5.74) is 6.69. The van der Waals surface area contributed by atoms with Gasteiger partial charge in [-0.3, -0.25) is 0 Å². The van der Waals surface area contributed by atoms with Crippen molar-refractivity contribution in [2.24, 2.45) is 5.73 Å². The van der Waals surface area contributed by atoms with E-state index in [9.17, 15) is 13.2 Å². The van der Waals surface area contributed by atoms with E-state index in [0.717, 1.165) is 12.3 Å². The Balaban J connectivity index is 2.29. The molecule has 0 amide bonds. The highest BCUT2D eigenvalue weighted by molar-refractivity contribution is 6.33. The number of alkyl halides is 3. The van der Waals surface area contributed by atoms with Crippen LogP contribution in [0.4, 0.5) is 13.2 Å². The zero-order valence-electron chi connectivity index (χ0n) is 13.3. The second kappa shape index (κ2) is 6.57. The minimum atomic E-state index is -4.52. The van der Waals surface area contributed by atoms with Crippen LogP contribution < -0.4 is 10.5 Å². The lowest BCUT2D eigenvalue weighted by molar-refractivity contribution is -0.137. The minimum Gasteiger partial charge on any atom is -0.493 e. The standard InChI is InChI=1S/C17H15ClF3N3O/c1-2-25-14-6-4-3-5-11(14)15-13(8-22)24-9-10(17(19,20)21)7-12(18)16(24)23-15/h3-7,9H,2,8,22H2,1H3. The van der Waals surface area contributed by atoms with Gasteiger partial charge in [-0.05, 0) is 25.1 Å². The maximum Gasteiger partial charge on any atom is 0.417 e. The number of imidazole rings is 1. The summed E-state index contributed by atoms with van der Waals surface area (Å²) in [6.07, 6.45) is -3.56. The predicted molar refractivity (Wildman–Crippen MR) is 89.7 cm³/mol. The number of benzene rings is 1. The summed E-state index contributed by atoms with van der Waals surface area (Å²) >= 11 is 6.04. The smallest absolute Gasteiger partial charge is 0.417 e. The predicted octanol–water partition coefficient (Wildman–Crippen LogP) is 4.53. The number of para-hydroxylation sites is 1. The van der Waals surface area contributed by atoms with Gasteiger partial charge >= 0.3 is 6.18 Å². The molecule has 0 aliphatic heterocycles. The molecule has 0 fully saturated rings. The Labute approximate surface area is 147 Å². The molecule has 2 aromatic heterocycles. The maximum atomic E-state index is 13.1. The number of rotatable bonds is 4. The molecule has 3 aromatic rings. The van der Waals surface area contributed by atoms with E-state index in [4.69, 9.17) is 22.1 Å². The van der Waals surface area contributed by atoms with Crippen molar-refractivity contribution >= 4 is 17.2 Å². The number of fused-ring (bicyclic) bond motifs is 1. The van der Waals surface area contributed by atoms with Crippen molar-refractivity contribution in [3.05, 3.63) is 52.8 Å². The second-order valence-electron chi connectivity index (χ2n) is 5.31. The molecule has 8 heteroatoms. The van der Waals surface area contributed by atoms with Crippen molar-refractivity contribution in [2.75, 3.05) is 6.61 Å². The Morgan fingerprint density at radius 3 is 2.64 bits per heavy atom. The van der Waals surface area contributed by atoms with E-state index in [1.54, 1.807) is 24.3 Å². The fourth-order valence-corrected chi connectivity index (χ4v) is 2.91. The van der Waals surface area contributed by atoms with Gasteiger partial charge in [-0.2, -0.15) is 13.2 Å². The number of halogens is 4. The van der Waals surface area contributed by atoms with E-state index in [2.05, 4.69) is 4.98 Å². The zero-order chi connectivity index (χ0) is 18.2. The Morgan fingerprint density at radius 1 is 1.28 bits per heavy atom. The molecule has 0 radical (unpaired) electrons. The number of pyridine rings is 1. The van der Waals surface area contributed by atoms with E-state index >= 15 is 0 Å². The van der Waals surface area contributed by atoms with E-state index in [-0.39, 0.29) is 17.2 Å². The minimum absolute atomic E-state index is 0.00536. The van der Waals surface area contributed by atoms with E-state index in [1.165, 1.54) is 4.40 Å². The van der Waals surface area contributed by atoms with Crippen LogP contribution in [0.15, 0.2) is 36.5 Å². The Kier molecular flexibility index (Phi) is 4.62. The number of nitrogens with two attached hydrogens (primary N) is 1. The van der Waals surface area contributed by atoms with Crippen molar-refractivity contribution in [3.8, 4) is 17.0 Å². The Hall–Kier alpha value is -2.25. The van der Waals surface area contributed by atoms with Gasteiger partial charge in [0.1, 0.15) is 5.75 Å². The van der Waals surface area contributed by atoms with Crippen LogP contribution in [-0.4, -0.2) is 16.0 Å². The average molecular weight is 370 g/mol. The van der Waals surface area contributed by atoms with Crippen LogP contribution in [0, 0.1) is 0 Å². The average Bonchev–Trinajstić information content (AvgIpc) is 2.94. The summed E-state index contributed by atoms with van der Waals surface area (Å²) < 4.78 is 46.1. The van der Waals surface area contributed by atoms with Crippen LogP contribution >= 0.6 is 11.6 Å². The van der Waals surface area contributed by atoms with Crippen molar-refractivity contribution in [1.82, 2.24) is 9.38 Å².